The molecule has 2 N–H and O–H groups in total. The summed E-state index contributed by atoms with van der Waals surface area (Å²) in [5.41, 5.74) is 12.8. The first-order valence-electron chi connectivity index (χ1n) is 15.0. The molecular formula is C41H27N3. The van der Waals surface area contributed by atoms with Crippen LogP contribution in [0, 0.1) is 10.8 Å². The van der Waals surface area contributed by atoms with Crippen molar-refractivity contribution < 1.29 is 0 Å². The van der Waals surface area contributed by atoms with Crippen LogP contribution in [0.3, 0.4) is 0 Å². The van der Waals surface area contributed by atoms with Gasteiger partial charge in [0.1, 0.15) is 0 Å². The molecule has 1 atom stereocenters. The second kappa shape index (κ2) is 9.10. The molecule has 1 aromatic heterocycles. The molecule has 0 amide bonds. The molecule has 2 heterocycles. The Kier molecular flexibility index (Phi) is 5.12. The van der Waals surface area contributed by atoms with E-state index in [2.05, 4.69) is 114 Å². The molecule has 0 fully saturated rings. The summed E-state index contributed by atoms with van der Waals surface area (Å²) in [6.45, 7) is 0. The summed E-state index contributed by atoms with van der Waals surface area (Å²) in [5.74, 6) is 0. The van der Waals surface area contributed by atoms with Crippen molar-refractivity contribution in [3.05, 3.63) is 185 Å². The van der Waals surface area contributed by atoms with E-state index in [1.807, 2.05) is 30.3 Å². The molecule has 7 aromatic rings. The molecular weight excluding hydrogens is 534 g/mol. The van der Waals surface area contributed by atoms with E-state index >= 15 is 0 Å². The summed E-state index contributed by atoms with van der Waals surface area (Å²) in [4.78, 5) is 0. The van der Waals surface area contributed by atoms with Crippen LogP contribution in [0.4, 0.5) is 0 Å². The molecule has 1 aliphatic carbocycles. The van der Waals surface area contributed by atoms with E-state index in [1.165, 1.54) is 49.7 Å². The van der Waals surface area contributed by atoms with Gasteiger partial charge in [-0.2, -0.15) is 0 Å². The van der Waals surface area contributed by atoms with E-state index in [-0.39, 0.29) is 0 Å². The Labute approximate surface area is 255 Å². The minimum atomic E-state index is -0.539. The van der Waals surface area contributed by atoms with Crippen molar-refractivity contribution in [3.8, 4) is 16.8 Å². The fraction of sp³-hybridized carbons (Fsp3) is 0.0244. The Balaban J connectivity index is 1.34. The Morgan fingerprint density at radius 1 is 0.523 bits per heavy atom. The number of hydrogen-bond acceptors (Lipinski definition) is 2. The minimum absolute atomic E-state index is 0.389. The van der Waals surface area contributed by atoms with E-state index in [9.17, 15) is 5.41 Å². The van der Waals surface area contributed by atoms with Crippen LogP contribution in [0.5, 0.6) is 0 Å². The summed E-state index contributed by atoms with van der Waals surface area (Å²) < 4.78 is 2.45. The van der Waals surface area contributed by atoms with Crippen molar-refractivity contribution in [3.63, 3.8) is 0 Å². The van der Waals surface area contributed by atoms with Crippen molar-refractivity contribution in [2.45, 2.75) is 5.41 Å². The highest BCUT2D eigenvalue weighted by Gasteiger charge is 2.51. The second-order valence-electron chi connectivity index (χ2n) is 11.6. The number of nitrogens with one attached hydrogen (secondary N) is 2. The lowest BCUT2D eigenvalue weighted by molar-refractivity contribution is 0.748. The number of benzene rings is 6. The minimum Gasteiger partial charge on any atom is -0.309 e. The average Bonchev–Trinajstić information content (AvgIpc) is 3.58. The molecule has 0 saturated carbocycles. The van der Waals surface area contributed by atoms with E-state index in [0.29, 0.717) is 11.4 Å². The van der Waals surface area contributed by atoms with Gasteiger partial charge in [0.25, 0.3) is 0 Å². The van der Waals surface area contributed by atoms with Crippen molar-refractivity contribution in [2.75, 3.05) is 0 Å². The van der Waals surface area contributed by atoms with E-state index in [0.717, 1.165) is 22.3 Å². The van der Waals surface area contributed by atoms with Crippen LogP contribution in [-0.2, 0) is 5.41 Å². The van der Waals surface area contributed by atoms with Gasteiger partial charge in [-0.3, -0.25) is 0 Å². The van der Waals surface area contributed by atoms with E-state index in [4.69, 9.17) is 5.41 Å². The number of rotatable bonds is 4. The molecule has 1 spiro atoms. The quantitative estimate of drug-likeness (QED) is 0.201. The molecule has 1 unspecified atom stereocenters. The number of allylic oxidation sites excluding steroid dienone is 2. The first kappa shape index (κ1) is 24.8. The molecule has 2 aliphatic rings. The molecule has 0 saturated heterocycles. The van der Waals surface area contributed by atoms with Crippen LogP contribution in [0.15, 0.2) is 152 Å². The third kappa shape index (κ3) is 3.10. The zero-order valence-corrected chi connectivity index (χ0v) is 23.9. The molecule has 6 aromatic carbocycles. The van der Waals surface area contributed by atoms with Crippen LogP contribution >= 0.6 is 0 Å². The van der Waals surface area contributed by atoms with Gasteiger partial charge >= 0.3 is 0 Å². The first-order valence-corrected chi connectivity index (χ1v) is 15.0. The third-order valence-electron chi connectivity index (χ3n) is 9.51. The van der Waals surface area contributed by atoms with Crippen LogP contribution in [-0.4, -0.2) is 16.0 Å². The summed E-state index contributed by atoms with van der Waals surface area (Å²) in [6.07, 6.45) is 3.51. The van der Waals surface area contributed by atoms with Gasteiger partial charge in [-0.25, -0.2) is 0 Å². The van der Waals surface area contributed by atoms with Crippen molar-refractivity contribution >= 4 is 33.2 Å². The standard InChI is InChI=1S/C41H27N3/c42-35(26-12-2-1-3-13-26)24-25-36(43)30-17-11-20-33-39(30)29-15-4-6-18-31(29)41(33)32-19-7-9-23-38(32)44-37-22-8-5-14-27(37)28-16-10-21-34(41)40(28)44/h1-25,42-43H/b25-24-,42-35?,43-36?. The maximum Gasteiger partial charge on any atom is 0.0754 e. The van der Waals surface area contributed by atoms with Gasteiger partial charge in [-0.15, -0.1) is 0 Å². The van der Waals surface area contributed by atoms with E-state index in [1.54, 1.807) is 12.2 Å². The number of para-hydroxylation sites is 3. The predicted molar refractivity (Wildman–Crippen MR) is 181 cm³/mol. The SMILES string of the molecule is N=C(/C=C\C(=N)c1cccc2c1-c1ccccc1C21c2ccccc2-n2c3ccccc3c3cccc1c32)c1ccccc1. The molecule has 0 bridgehead atoms. The number of aromatic nitrogens is 1. The predicted octanol–water partition coefficient (Wildman–Crippen LogP) is 9.45. The fourth-order valence-corrected chi connectivity index (χ4v) is 7.81. The normalized spacial score (nSPS) is 15.9. The van der Waals surface area contributed by atoms with Gasteiger partial charge < -0.3 is 15.4 Å². The molecule has 9 rings (SSSR count). The lowest BCUT2D eigenvalue weighted by atomic mass is 9.65. The number of nitrogens with zero attached hydrogens (tertiary/aromatic N) is 1. The zero-order valence-electron chi connectivity index (χ0n) is 23.9. The second-order valence-corrected chi connectivity index (χ2v) is 11.6. The number of fused-ring (bicyclic) bond motifs is 12. The maximum atomic E-state index is 9.26. The van der Waals surface area contributed by atoms with Crippen LogP contribution in [0.25, 0.3) is 38.6 Å². The summed E-state index contributed by atoms with van der Waals surface area (Å²) in [7, 11) is 0. The highest BCUT2D eigenvalue weighted by Crippen LogP contribution is 2.61. The van der Waals surface area contributed by atoms with Crippen molar-refractivity contribution in [1.82, 2.24) is 4.57 Å². The number of hydrogen-bond donors (Lipinski definition) is 2. The molecule has 3 heteroatoms. The third-order valence-corrected chi connectivity index (χ3v) is 9.51. The molecule has 3 nitrogen and oxygen atoms in total. The van der Waals surface area contributed by atoms with Crippen LogP contribution in [0.2, 0.25) is 0 Å². The highest BCUT2D eigenvalue weighted by atomic mass is 15.0. The first-order chi connectivity index (χ1) is 21.7. The Bertz CT molecular complexity index is 2370. The molecule has 206 valence electrons. The van der Waals surface area contributed by atoms with E-state index < -0.39 is 5.41 Å². The zero-order chi connectivity index (χ0) is 29.4. The largest absolute Gasteiger partial charge is 0.309 e. The monoisotopic (exact) mass is 561 g/mol. The highest BCUT2D eigenvalue weighted by molar-refractivity contribution is 6.18. The summed E-state index contributed by atoms with van der Waals surface area (Å²) >= 11 is 0. The Morgan fingerprint density at radius 2 is 1.16 bits per heavy atom. The van der Waals surface area contributed by atoms with Crippen molar-refractivity contribution in [2.24, 2.45) is 0 Å². The van der Waals surface area contributed by atoms with Gasteiger partial charge in [0.2, 0.25) is 0 Å². The van der Waals surface area contributed by atoms with Gasteiger partial charge in [0, 0.05) is 16.3 Å². The Hall–Kier alpha value is -5.80. The maximum absolute atomic E-state index is 9.26. The molecule has 1 aliphatic heterocycles. The molecule has 0 radical (unpaired) electrons. The van der Waals surface area contributed by atoms with Crippen LogP contribution < -0.4 is 0 Å². The Morgan fingerprint density at radius 3 is 2.05 bits per heavy atom. The van der Waals surface area contributed by atoms with Gasteiger partial charge in [0.05, 0.1) is 33.6 Å². The van der Waals surface area contributed by atoms with Gasteiger partial charge in [-0.05, 0) is 63.2 Å². The van der Waals surface area contributed by atoms with Crippen molar-refractivity contribution in [1.29, 1.82) is 10.8 Å². The van der Waals surface area contributed by atoms with Gasteiger partial charge in [0.15, 0.2) is 0 Å². The lowest BCUT2D eigenvalue weighted by Crippen LogP contribution is -2.33. The lowest BCUT2D eigenvalue weighted by Gasteiger charge is -2.39. The fourth-order valence-electron chi connectivity index (χ4n) is 7.81. The van der Waals surface area contributed by atoms with Gasteiger partial charge in [-0.1, -0.05) is 127 Å². The topological polar surface area (TPSA) is 52.6 Å². The summed E-state index contributed by atoms with van der Waals surface area (Å²) in [6, 6.07) is 49.1. The summed E-state index contributed by atoms with van der Waals surface area (Å²) in [5, 5.41) is 20.4. The smallest absolute Gasteiger partial charge is 0.0754 e. The average molecular weight is 562 g/mol. The van der Waals surface area contributed by atoms with Crippen LogP contribution in [0.1, 0.15) is 33.4 Å². The molecule has 44 heavy (non-hydrogen) atoms.